The van der Waals surface area contributed by atoms with Crippen molar-refractivity contribution >= 4 is 39.5 Å². The molecule has 5 rings (SSSR count). The van der Waals surface area contributed by atoms with E-state index in [1.165, 1.54) is 12.1 Å². The summed E-state index contributed by atoms with van der Waals surface area (Å²) in [7, 11) is 0. The lowest BCUT2D eigenvalue weighted by Gasteiger charge is -2.11. The lowest BCUT2D eigenvalue weighted by atomic mass is 10.1. The van der Waals surface area contributed by atoms with Crippen molar-refractivity contribution < 1.29 is 13.6 Å². The van der Waals surface area contributed by atoms with Gasteiger partial charge in [-0.25, -0.2) is 19.2 Å². The Morgan fingerprint density at radius 2 is 2.15 bits per heavy atom. The molecule has 0 fully saturated rings. The van der Waals surface area contributed by atoms with Crippen molar-refractivity contribution in [3.63, 3.8) is 0 Å². The molecular formula is C24H21FN6O3. The molecule has 10 heteroatoms. The molecule has 0 bridgehead atoms. The molecule has 3 heterocycles. The fraction of sp³-hybridized carbons (Fsp3) is 0.167. The monoisotopic (exact) mass is 460 g/mol. The number of halogens is 1. The predicted octanol–water partition coefficient (Wildman–Crippen LogP) is 3.79. The van der Waals surface area contributed by atoms with Gasteiger partial charge in [0.15, 0.2) is 0 Å². The molecule has 5 aromatic rings. The summed E-state index contributed by atoms with van der Waals surface area (Å²) in [6.07, 6.45) is 4.94. The third kappa shape index (κ3) is 3.90. The van der Waals surface area contributed by atoms with Gasteiger partial charge in [-0.05, 0) is 43.2 Å². The molecule has 0 atom stereocenters. The van der Waals surface area contributed by atoms with Gasteiger partial charge in [-0.1, -0.05) is 6.07 Å². The lowest BCUT2D eigenvalue weighted by molar-refractivity contribution is 0.0996. The minimum absolute atomic E-state index is 0.178. The number of H-pyrrole nitrogens is 1. The Morgan fingerprint density at radius 1 is 1.29 bits per heavy atom. The topological polar surface area (TPSA) is 132 Å². The molecule has 0 aliphatic rings. The summed E-state index contributed by atoms with van der Waals surface area (Å²) in [6, 6.07) is 9.58. The SMILES string of the molecule is Cc1c(C(N)=O)c(=O)oc2cc3c(cc12)nc(Nc1cccc(F)c1)n3CCCc1ncc[nH]1. The van der Waals surface area contributed by atoms with Crippen LogP contribution in [0.5, 0.6) is 0 Å². The number of hydrogen-bond donors (Lipinski definition) is 3. The van der Waals surface area contributed by atoms with Crippen molar-refractivity contribution in [3.05, 3.63) is 82.0 Å². The molecule has 3 aromatic heterocycles. The first-order valence-corrected chi connectivity index (χ1v) is 10.7. The van der Waals surface area contributed by atoms with Crippen molar-refractivity contribution in [1.82, 2.24) is 19.5 Å². The van der Waals surface area contributed by atoms with Crippen molar-refractivity contribution in [2.75, 3.05) is 5.32 Å². The maximum absolute atomic E-state index is 13.8. The number of nitrogens with one attached hydrogen (secondary N) is 2. The number of nitrogens with two attached hydrogens (primary N) is 1. The zero-order valence-corrected chi connectivity index (χ0v) is 18.3. The Hall–Kier alpha value is -4.47. The molecule has 172 valence electrons. The summed E-state index contributed by atoms with van der Waals surface area (Å²) in [5.74, 6) is 0.165. The Labute approximate surface area is 192 Å². The maximum atomic E-state index is 13.8. The van der Waals surface area contributed by atoms with Crippen LogP contribution in [0.1, 0.15) is 28.2 Å². The van der Waals surface area contributed by atoms with Gasteiger partial charge in [0, 0.05) is 42.5 Å². The van der Waals surface area contributed by atoms with Crippen molar-refractivity contribution in [2.45, 2.75) is 26.3 Å². The predicted molar refractivity (Wildman–Crippen MR) is 126 cm³/mol. The fourth-order valence-corrected chi connectivity index (χ4v) is 4.11. The third-order valence-electron chi connectivity index (χ3n) is 5.71. The second kappa shape index (κ2) is 8.47. The number of benzene rings is 2. The van der Waals surface area contributed by atoms with Crippen LogP contribution in [0.3, 0.4) is 0 Å². The molecule has 2 aromatic carbocycles. The highest BCUT2D eigenvalue weighted by Gasteiger charge is 2.19. The minimum Gasteiger partial charge on any atom is -0.422 e. The molecule has 0 unspecified atom stereocenters. The van der Waals surface area contributed by atoms with E-state index in [0.717, 1.165) is 24.2 Å². The average Bonchev–Trinajstić information content (AvgIpc) is 3.41. The van der Waals surface area contributed by atoms with Crippen LogP contribution in [0.4, 0.5) is 16.0 Å². The van der Waals surface area contributed by atoms with Gasteiger partial charge in [-0.3, -0.25) is 4.79 Å². The summed E-state index contributed by atoms with van der Waals surface area (Å²) in [5, 5.41) is 3.75. The van der Waals surface area contributed by atoms with E-state index in [1.807, 2.05) is 4.57 Å². The molecule has 0 radical (unpaired) electrons. The van der Waals surface area contributed by atoms with Gasteiger partial charge in [0.1, 0.15) is 22.8 Å². The number of anilines is 2. The van der Waals surface area contributed by atoms with Crippen LogP contribution in [0.15, 0.2) is 58.0 Å². The van der Waals surface area contributed by atoms with Crippen molar-refractivity contribution in [2.24, 2.45) is 5.73 Å². The van der Waals surface area contributed by atoms with Crippen LogP contribution in [-0.4, -0.2) is 25.4 Å². The Balaban J connectivity index is 1.63. The first-order chi connectivity index (χ1) is 16.4. The highest BCUT2D eigenvalue weighted by molar-refractivity contribution is 6.01. The molecule has 1 amide bonds. The number of primary amides is 1. The largest absolute Gasteiger partial charge is 0.422 e. The van der Waals surface area contributed by atoms with Gasteiger partial charge in [0.2, 0.25) is 5.95 Å². The molecular weight excluding hydrogens is 439 g/mol. The van der Waals surface area contributed by atoms with Crippen LogP contribution in [-0.2, 0) is 13.0 Å². The summed E-state index contributed by atoms with van der Waals surface area (Å²) < 4.78 is 21.1. The van der Waals surface area contributed by atoms with Gasteiger partial charge in [0.05, 0.1) is 11.0 Å². The molecule has 9 nitrogen and oxygen atoms in total. The van der Waals surface area contributed by atoms with Gasteiger partial charge in [-0.2, -0.15) is 0 Å². The number of carbonyl (C=O) groups is 1. The van der Waals surface area contributed by atoms with E-state index < -0.39 is 11.5 Å². The molecule has 0 spiro atoms. The van der Waals surface area contributed by atoms with Crippen LogP contribution in [0.2, 0.25) is 0 Å². The summed E-state index contributed by atoms with van der Waals surface area (Å²) in [4.78, 5) is 36.2. The van der Waals surface area contributed by atoms with Gasteiger partial charge >= 0.3 is 5.63 Å². The van der Waals surface area contributed by atoms with E-state index in [0.29, 0.717) is 40.2 Å². The number of carbonyl (C=O) groups excluding carboxylic acids is 1. The first kappa shape index (κ1) is 21.4. The van der Waals surface area contributed by atoms with Gasteiger partial charge in [0.25, 0.3) is 5.91 Å². The standard InChI is InChI=1S/C24H21FN6O3/c1-13-16-11-17-18(12-19(16)34-23(33)21(13)22(26)32)31(9-3-6-20-27-7-8-28-20)24(30-17)29-15-5-2-4-14(25)10-15/h2,4-5,7-8,10-12H,3,6,9H2,1H3,(H2,26,32)(H,27,28)(H,29,30). The number of nitrogens with zero attached hydrogens (tertiary/aromatic N) is 3. The quantitative estimate of drug-likeness (QED) is 0.317. The average molecular weight is 460 g/mol. The van der Waals surface area contributed by atoms with Gasteiger partial charge < -0.3 is 25.0 Å². The van der Waals surface area contributed by atoms with Crippen LogP contribution in [0, 0.1) is 12.7 Å². The van der Waals surface area contributed by atoms with E-state index in [1.54, 1.807) is 43.6 Å². The van der Waals surface area contributed by atoms with Crippen LogP contribution < -0.4 is 16.7 Å². The summed E-state index contributed by atoms with van der Waals surface area (Å²) in [5.41, 5.74) is 7.07. The van der Waals surface area contributed by atoms with E-state index in [2.05, 4.69) is 15.3 Å². The Kier molecular flexibility index (Phi) is 5.33. The molecule has 4 N–H and O–H groups in total. The second-order valence-electron chi connectivity index (χ2n) is 7.95. The second-order valence-corrected chi connectivity index (χ2v) is 7.95. The highest BCUT2D eigenvalue weighted by atomic mass is 19.1. The van der Waals surface area contributed by atoms with E-state index >= 15 is 0 Å². The van der Waals surface area contributed by atoms with Crippen LogP contribution in [0.25, 0.3) is 22.0 Å². The van der Waals surface area contributed by atoms with E-state index in [-0.39, 0.29) is 11.4 Å². The van der Waals surface area contributed by atoms with Gasteiger partial charge in [-0.15, -0.1) is 0 Å². The molecule has 34 heavy (non-hydrogen) atoms. The van der Waals surface area contributed by atoms with Crippen molar-refractivity contribution in [1.29, 1.82) is 0 Å². The smallest absolute Gasteiger partial charge is 0.349 e. The van der Waals surface area contributed by atoms with Crippen molar-refractivity contribution in [3.8, 4) is 0 Å². The Morgan fingerprint density at radius 3 is 2.88 bits per heavy atom. The number of fused-ring (bicyclic) bond motifs is 2. The number of aromatic nitrogens is 4. The van der Waals surface area contributed by atoms with Crippen LogP contribution >= 0.6 is 0 Å². The number of imidazole rings is 2. The molecule has 0 saturated heterocycles. The zero-order valence-electron chi connectivity index (χ0n) is 18.3. The summed E-state index contributed by atoms with van der Waals surface area (Å²) >= 11 is 0. The summed E-state index contributed by atoms with van der Waals surface area (Å²) in [6.45, 7) is 2.22. The minimum atomic E-state index is -0.842. The first-order valence-electron chi connectivity index (χ1n) is 10.7. The Bertz CT molecular complexity index is 1590. The van der Waals surface area contributed by atoms with E-state index in [9.17, 15) is 14.0 Å². The molecule has 0 saturated carbocycles. The number of amides is 1. The highest BCUT2D eigenvalue weighted by Crippen LogP contribution is 2.29. The number of aromatic amines is 1. The third-order valence-corrected chi connectivity index (χ3v) is 5.71. The number of hydrogen-bond acceptors (Lipinski definition) is 6. The normalized spacial score (nSPS) is 11.4. The lowest BCUT2D eigenvalue weighted by Crippen LogP contribution is -2.22. The maximum Gasteiger partial charge on any atom is 0.349 e. The molecule has 0 aliphatic carbocycles. The fourth-order valence-electron chi connectivity index (χ4n) is 4.11. The number of aryl methyl sites for hydroxylation is 3. The zero-order chi connectivity index (χ0) is 23.8. The molecule has 0 aliphatic heterocycles. The van der Waals surface area contributed by atoms with E-state index in [4.69, 9.17) is 15.1 Å². The number of rotatable bonds is 7.